The molecule has 0 bridgehead atoms. The molecule has 2 rings (SSSR count). The average Bonchev–Trinajstić information content (AvgIpc) is 2.70. The number of aromatic nitrogens is 2. The molecule has 0 unspecified atom stereocenters. The summed E-state index contributed by atoms with van der Waals surface area (Å²) in [5.74, 6) is 0.0329. The number of benzene rings is 1. The van der Waals surface area contributed by atoms with E-state index in [1.807, 2.05) is 0 Å². The number of aryl methyl sites for hydroxylation is 1. The molecule has 0 amide bonds. The fraction of sp³-hybridized carbons (Fsp3) is 0.417. The number of nitrogens with one attached hydrogen (secondary N) is 1. The van der Waals surface area contributed by atoms with E-state index >= 15 is 0 Å². The molecule has 21 heavy (non-hydrogen) atoms. The van der Waals surface area contributed by atoms with Gasteiger partial charge in [-0.1, -0.05) is 13.0 Å². The number of hydrogen-bond acceptors (Lipinski definition) is 5. The normalized spacial score (nSPS) is 12.9. The number of aromatic amines is 1. The molecule has 9 heteroatoms. The molecule has 6 nitrogen and oxygen atoms in total. The van der Waals surface area contributed by atoms with Gasteiger partial charge in [-0.15, -0.1) is 0 Å². The summed E-state index contributed by atoms with van der Waals surface area (Å²) in [6.45, 7) is 1.79. The lowest BCUT2D eigenvalue weighted by molar-refractivity contribution is 0.590. The fourth-order valence-corrected chi connectivity index (χ4v) is 3.95. The first-order valence-corrected chi connectivity index (χ1v) is 10.4. The summed E-state index contributed by atoms with van der Waals surface area (Å²) in [6, 6.07) is 4.83. The van der Waals surface area contributed by atoms with Crippen molar-refractivity contribution in [1.82, 2.24) is 9.55 Å². The molecular weight excluding hydrogens is 332 g/mol. The number of sulfone groups is 2. The molecule has 2 aromatic rings. The molecule has 1 heterocycles. The van der Waals surface area contributed by atoms with Crippen LogP contribution in [0.25, 0.3) is 11.0 Å². The second kappa shape index (κ2) is 5.54. The summed E-state index contributed by atoms with van der Waals surface area (Å²) in [7, 11) is -6.51. The standard InChI is InChI=1S/C12H16N2O4S3/c1-3-21(17,18)8-7-14-9-5-4-6-10(20(2,15)16)11(9)13-12(14)19/h4-6H,3,7-8H2,1-2H3,(H,13,19). The van der Waals surface area contributed by atoms with E-state index in [9.17, 15) is 16.8 Å². The van der Waals surface area contributed by atoms with Gasteiger partial charge in [-0.2, -0.15) is 0 Å². The van der Waals surface area contributed by atoms with E-state index in [0.29, 0.717) is 15.8 Å². The van der Waals surface area contributed by atoms with Crippen LogP contribution in [0.5, 0.6) is 0 Å². The van der Waals surface area contributed by atoms with Gasteiger partial charge in [0.05, 0.1) is 21.7 Å². The van der Waals surface area contributed by atoms with Crippen LogP contribution >= 0.6 is 12.2 Å². The summed E-state index contributed by atoms with van der Waals surface area (Å²) in [5, 5.41) is 0. The van der Waals surface area contributed by atoms with Crippen molar-refractivity contribution in [1.29, 1.82) is 0 Å². The van der Waals surface area contributed by atoms with E-state index in [-0.39, 0.29) is 22.9 Å². The summed E-state index contributed by atoms with van der Waals surface area (Å²) >= 11 is 5.18. The zero-order valence-corrected chi connectivity index (χ0v) is 14.1. The Balaban J connectivity index is 2.58. The van der Waals surface area contributed by atoms with Gasteiger partial charge in [-0.3, -0.25) is 0 Å². The maximum Gasteiger partial charge on any atom is 0.178 e. The van der Waals surface area contributed by atoms with Gasteiger partial charge in [0.25, 0.3) is 0 Å². The van der Waals surface area contributed by atoms with Crippen molar-refractivity contribution in [2.75, 3.05) is 17.8 Å². The third-order valence-electron chi connectivity index (χ3n) is 3.24. The van der Waals surface area contributed by atoms with E-state index < -0.39 is 19.7 Å². The molecule has 0 aliphatic carbocycles. The van der Waals surface area contributed by atoms with Crippen LogP contribution in [-0.4, -0.2) is 44.1 Å². The van der Waals surface area contributed by atoms with Gasteiger partial charge >= 0.3 is 0 Å². The predicted octanol–water partition coefficient (Wildman–Crippen LogP) is 1.54. The fourth-order valence-electron chi connectivity index (χ4n) is 2.06. The highest BCUT2D eigenvalue weighted by Crippen LogP contribution is 2.22. The van der Waals surface area contributed by atoms with Gasteiger partial charge in [-0.25, -0.2) is 16.8 Å². The number of imidazole rings is 1. The minimum atomic E-state index is -3.39. The van der Waals surface area contributed by atoms with Crippen LogP contribution in [0.15, 0.2) is 23.1 Å². The highest BCUT2D eigenvalue weighted by molar-refractivity contribution is 7.91. The minimum Gasteiger partial charge on any atom is -0.329 e. The van der Waals surface area contributed by atoms with E-state index in [1.165, 1.54) is 6.07 Å². The maximum absolute atomic E-state index is 11.8. The third kappa shape index (κ3) is 3.35. The topological polar surface area (TPSA) is 89.0 Å². The summed E-state index contributed by atoms with van der Waals surface area (Å²) in [5.41, 5.74) is 1.01. The van der Waals surface area contributed by atoms with Gasteiger partial charge in [0.15, 0.2) is 24.4 Å². The number of hydrogen-bond donors (Lipinski definition) is 1. The summed E-state index contributed by atoms with van der Waals surface area (Å²) in [4.78, 5) is 3.02. The van der Waals surface area contributed by atoms with Crippen LogP contribution in [0.4, 0.5) is 0 Å². The second-order valence-electron chi connectivity index (χ2n) is 4.74. The first kappa shape index (κ1) is 16.2. The predicted molar refractivity (Wildman–Crippen MR) is 84.6 cm³/mol. The van der Waals surface area contributed by atoms with Crippen molar-refractivity contribution in [3.8, 4) is 0 Å². The van der Waals surface area contributed by atoms with Crippen molar-refractivity contribution >= 4 is 42.9 Å². The van der Waals surface area contributed by atoms with Crippen LogP contribution in [0.3, 0.4) is 0 Å². The molecule has 0 atom stereocenters. The first-order valence-electron chi connectivity index (χ1n) is 6.28. The monoisotopic (exact) mass is 348 g/mol. The largest absolute Gasteiger partial charge is 0.329 e. The Morgan fingerprint density at radius 2 is 1.90 bits per heavy atom. The molecule has 1 aromatic heterocycles. The van der Waals surface area contributed by atoms with Crippen LogP contribution in [0, 0.1) is 4.77 Å². The molecule has 0 saturated heterocycles. The molecule has 1 N–H and O–H groups in total. The van der Waals surface area contributed by atoms with Crippen molar-refractivity contribution < 1.29 is 16.8 Å². The summed E-state index contributed by atoms with van der Waals surface area (Å²) < 4.78 is 48.7. The van der Waals surface area contributed by atoms with E-state index in [0.717, 1.165) is 6.26 Å². The minimum absolute atomic E-state index is 0.0339. The van der Waals surface area contributed by atoms with E-state index in [1.54, 1.807) is 23.6 Å². The Morgan fingerprint density at radius 1 is 1.24 bits per heavy atom. The Bertz CT molecular complexity index is 937. The van der Waals surface area contributed by atoms with Crippen LogP contribution < -0.4 is 0 Å². The average molecular weight is 348 g/mol. The Kier molecular flexibility index (Phi) is 4.27. The third-order valence-corrected chi connectivity index (χ3v) is 6.38. The van der Waals surface area contributed by atoms with Crippen LogP contribution in [0.2, 0.25) is 0 Å². The number of para-hydroxylation sites is 1. The van der Waals surface area contributed by atoms with Crippen molar-refractivity contribution in [3.05, 3.63) is 23.0 Å². The molecule has 1 aromatic carbocycles. The lowest BCUT2D eigenvalue weighted by Gasteiger charge is -2.05. The maximum atomic E-state index is 11.8. The van der Waals surface area contributed by atoms with Gasteiger partial charge in [0.1, 0.15) is 0 Å². The molecule has 0 spiro atoms. The van der Waals surface area contributed by atoms with Crippen molar-refractivity contribution in [3.63, 3.8) is 0 Å². The quantitative estimate of drug-likeness (QED) is 0.828. The number of nitrogens with zero attached hydrogens (tertiary/aromatic N) is 1. The zero-order chi connectivity index (χ0) is 15.8. The Labute approximate surface area is 128 Å². The smallest absolute Gasteiger partial charge is 0.178 e. The first-order chi connectivity index (χ1) is 9.65. The second-order valence-corrected chi connectivity index (χ2v) is 9.58. The lowest BCUT2D eigenvalue weighted by Crippen LogP contribution is -2.14. The van der Waals surface area contributed by atoms with Gasteiger partial charge in [0, 0.05) is 18.6 Å². The Hall–Kier alpha value is -1.19. The van der Waals surface area contributed by atoms with Gasteiger partial charge in [0.2, 0.25) is 0 Å². The number of H-pyrrole nitrogens is 1. The SMILES string of the molecule is CCS(=O)(=O)CCn1c(=S)[nH]c2c(S(C)(=O)=O)cccc21. The van der Waals surface area contributed by atoms with E-state index in [2.05, 4.69) is 4.98 Å². The lowest BCUT2D eigenvalue weighted by atomic mass is 10.3. The molecule has 0 saturated carbocycles. The molecule has 116 valence electrons. The molecular formula is C12H16N2O4S3. The highest BCUT2D eigenvalue weighted by atomic mass is 32.2. The summed E-state index contributed by atoms with van der Waals surface area (Å²) in [6.07, 6.45) is 1.12. The number of fused-ring (bicyclic) bond motifs is 1. The molecule has 0 fully saturated rings. The Morgan fingerprint density at radius 3 is 2.48 bits per heavy atom. The van der Waals surface area contributed by atoms with Crippen LogP contribution in [-0.2, 0) is 26.2 Å². The highest BCUT2D eigenvalue weighted by Gasteiger charge is 2.16. The van der Waals surface area contributed by atoms with Crippen molar-refractivity contribution in [2.24, 2.45) is 0 Å². The van der Waals surface area contributed by atoms with Gasteiger partial charge < -0.3 is 9.55 Å². The van der Waals surface area contributed by atoms with Crippen molar-refractivity contribution in [2.45, 2.75) is 18.4 Å². The molecule has 0 aliphatic heterocycles. The number of rotatable bonds is 5. The molecule has 0 radical (unpaired) electrons. The van der Waals surface area contributed by atoms with E-state index in [4.69, 9.17) is 12.2 Å². The van der Waals surface area contributed by atoms with Gasteiger partial charge in [-0.05, 0) is 24.4 Å². The molecule has 0 aliphatic rings. The van der Waals surface area contributed by atoms with Crippen LogP contribution in [0.1, 0.15) is 6.92 Å². The zero-order valence-electron chi connectivity index (χ0n) is 11.7.